The van der Waals surface area contributed by atoms with Crippen LogP contribution in [0.15, 0.2) is 91.0 Å². The number of hydrogen-bond donors (Lipinski definition) is 1. The number of rotatable bonds is 5. The van der Waals surface area contributed by atoms with Crippen molar-refractivity contribution in [3.8, 4) is 5.75 Å². The monoisotopic (exact) mass is 367 g/mol. The Hall–Kier alpha value is -3.26. The molecule has 0 spiro atoms. The molecule has 0 bridgehead atoms. The summed E-state index contributed by atoms with van der Waals surface area (Å²) >= 11 is 0. The number of nitrogens with zero attached hydrogens (tertiary/aromatic N) is 1. The average Bonchev–Trinajstić information content (AvgIpc) is 2.73. The molecule has 4 rings (SSSR count). The number of hydrogen-bond acceptors (Lipinski definition) is 2. The van der Waals surface area contributed by atoms with Crippen molar-refractivity contribution >= 4 is 16.5 Å². The van der Waals surface area contributed by atoms with Gasteiger partial charge < -0.3 is 10.0 Å². The van der Waals surface area contributed by atoms with Crippen molar-refractivity contribution in [2.75, 3.05) is 19.0 Å². The maximum Gasteiger partial charge on any atom is 0.120 e. The van der Waals surface area contributed by atoms with Crippen LogP contribution in [0.4, 0.5) is 5.69 Å². The minimum atomic E-state index is 0.0738. The average molecular weight is 367 g/mol. The summed E-state index contributed by atoms with van der Waals surface area (Å²) in [6.45, 7) is 0. The van der Waals surface area contributed by atoms with Gasteiger partial charge in [-0.25, -0.2) is 0 Å². The summed E-state index contributed by atoms with van der Waals surface area (Å²) in [5.74, 6) is 0.432. The zero-order chi connectivity index (χ0) is 19.5. The predicted octanol–water partition coefficient (Wildman–Crippen LogP) is 5.99. The van der Waals surface area contributed by atoms with Gasteiger partial charge in [0.15, 0.2) is 0 Å². The highest BCUT2D eigenvalue weighted by Crippen LogP contribution is 2.39. The lowest BCUT2D eigenvalue weighted by atomic mass is 9.83. The van der Waals surface area contributed by atoms with Crippen LogP contribution in [0, 0.1) is 0 Å². The molecule has 0 saturated carbocycles. The Kier molecular flexibility index (Phi) is 5.03. The largest absolute Gasteiger partial charge is 0.508 e. The summed E-state index contributed by atoms with van der Waals surface area (Å²) in [5.41, 5.74) is 4.64. The molecule has 4 aromatic carbocycles. The first-order valence-electron chi connectivity index (χ1n) is 9.65. The van der Waals surface area contributed by atoms with E-state index in [1.807, 2.05) is 44.4 Å². The maximum absolute atomic E-state index is 10.9. The van der Waals surface area contributed by atoms with Crippen molar-refractivity contribution in [1.29, 1.82) is 0 Å². The number of anilines is 1. The van der Waals surface area contributed by atoms with E-state index in [-0.39, 0.29) is 5.92 Å². The normalized spacial score (nSPS) is 12.1. The third kappa shape index (κ3) is 3.59. The smallest absolute Gasteiger partial charge is 0.120 e. The fourth-order valence-corrected chi connectivity index (χ4v) is 3.89. The molecule has 140 valence electrons. The molecule has 0 aliphatic rings. The molecule has 2 nitrogen and oxygen atoms in total. The van der Waals surface area contributed by atoms with Gasteiger partial charge in [0.1, 0.15) is 5.75 Å². The van der Waals surface area contributed by atoms with Crippen molar-refractivity contribution in [2.24, 2.45) is 0 Å². The van der Waals surface area contributed by atoms with E-state index in [1.54, 1.807) is 0 Å². The third-order valence-corrected chi connectivity index (χ3v) is 5.39. The van der Waals surface area contributed by atoms with Gasteiger partial charge in [0.2, 0.25) is 0 Å². The number of phenolic OH excluding ortho intramolecular Hbond substituents is 1. The van der Waals surface area contributed by atoms with E-state index in [1.165, 1.54) is 16.8 Å². The summed E-state index contributed by atoms with van der Waals surface area (Å²) in [6.07, 6.45) is 0.837. The van der Waals surface area contributed by atoms with Gasteiger partial charge in [0, 0.05) is 31.3 Å². The van der Waals surface area contributed by atoms with Crippen LogP contribution in [0.3, 0.4) is 0 Å². The summed E-state index contributed by atoms with van der Waals surface area (Å²) in [4.78, 5) is 2.10. The lowest BCUT2D eigenvalue weighted by Gasteiger charge is -2.22. The second-order valence-corrected chi connectivity index (χ2v) is 7.45. The van der Waals surface area contributed by atoms with Crippen LogP contribution in [-0.4, -0.2) is 19.2 Å². The molecule has 4 aromatic rings. The van der Waals surface area contributed by atoms with Crippen LogP contribution < -0.4 is 4.90 Å². The van der Waals surface area contributed by atoms with Gasteiger partial charge in [-0.1, -0.05) is 72.8 Å². The van der Waals surface area contributed by atoms with E-state index in [0.29, 0.717) is 5.75 Å². The first kappa shape index (κ1) is 18.1. The molecular weight excluding hydrogens is 342 g/mol. The van der Waals surface area contributed by atoms with E-state index in [9.17, 15) is 5.11 Å². The highest BCUT2D eigenvalue weighted by Gasteiger charge is 2.21. The molecule has 0 radical (unpaired) electrons. The molecule has 0 amide bonds. The minimum absolute atomic E-state index is 0.0738. The van der Waals surface area contributed by atoms with Crippen molar-refractivity contribution in [1.82, 2.24) is 0 Å². The van der Waals surface area contributed by atoms with Gasteiger partial charge in [-0.2, -0.15) is 0 Å². The van der Waals surface area contributed by atoms with E-state index in [0.717, 1.165) is 22.8 Å². The van der Waals surface area contributed by atoms with Crippen LogP contribution in [0.5, 0.6) is 5.75 Å². The Bertz CT molecular complexity index is 1070. The lowest BCUT2D eigenvalue weighted by Crippen LogP contribution is -2.10. The van der Waals surface area contributed by atoms with Gasteiger partial charge in [0.05, 0.1) is 0 Å². The molecule has 0 heterocycles. The zero-order valence-electron chi connectivity index (χ0n) is 16.3. The standard InChI is InChI=1S/C26H25NO/c1-27(2)22-15-12-21(13-16-22)24(18-19-8-4-3-5-9-19)26-23-11-7-6-10-20(23)14-17-25(26)28/h3-17,24,28H,18H2,1-2H3. The summed E-state index contributed by atoms with van der Waals surface area (Å²) < 4.78 is 0. The van der Waals surface area contributed by atoms with Crippen molar-refractivity contribution in [3.63, 3.8) is 0 Å². The molecule has 28 heavy (non-hydrogen) atoms. The molecule has 0 aliphatic heterocycles. The Labute approximate surface area is 166 Å². The summed E-state index contributed by atoms with van der Waals surface area (Å²) in [7, 11) is 4.10. The van der Waals surface area contributed by atoms with Crippen molar-refractivity contribution in [3.05, 3.63) is 108 Å². The van der Waals surface area contributed by atoms with Gasteiger partial charge in [-0.15, -0.1) is 0 Å². The Morgan fingerprint density at radius 1 is 0.750 bits per heavy atom. The Morgan fingerprint density at radius 2 is 1.43 bits per heavy atom. The van der Waals surface area contributed by atoms with Crippen LogP contribution in [0.1, 0.15) is 22.6 Å². The number of benzene rings is 4. The van der Waals surface area contributed by atoms with Gasteiger partial charge >= 0.3 is 0 Å². The van der Waals surface area contributed by atoms with Gasteiger partial charge in [-0.05, 0) is 46.5 Å². The highest BCUT2D eigenvalue weighted by molar-refractivity contribution is 5.88. The van der Waals surface area contributed by atoms with Crippen molar-refractivity contribution < 1.29 is 5.11 Å². The van der Waals surface area contributed by atoms with Crippen LogP contribution in [0.25, 0.3) is 10.8 Å². The molecular formula is C26H25NO. The van der Waals surface area contributed by atoms with Crippen LogP contribution in [-0.2, 0) is 6.42 Å². The zero-order valence-corrected chi connectivity index (χ0v) is 16.3. The summed E-state index contributed by atoms with van der Waals surface area (Å²) in [5, 5.41) is 13.1. The SMILES string of the molecule is CN(C)c1ccc(C(Cc2ccccc2)c2c(O)ccc3ccccc23)cc1. The summed E-state index contributed by atoms with van der Waals surface area (Å²) in [6, 6.07) is 31.3. The molecule has 0 saturated heterocycles. The van der Waals surface area contributed by atoms with E-state index >= 15 is 0 Å². The van der Waals surface area contributed by atoms with E-state index in [4.69, 9.17) is 0 Å². The molecule has 0 aliphatic carbocycles. The third-order valence-electron chi connectivity index (χ3n) is 5.39. The molecule has 2 heteroatoms. The topological polar surface area (TPSA) is 23.5 Å². The van der Waals surface area contributed by atoms with Gasteiger partial charge in [0.25, 0.3) is 0 Å². The fraction of sp³-hybridized carbons (Fsp3) is 0.154. The number of phenols is 1. The van der Waals surface area contributed by atoms with E-state index in [2.05, 4.69) is 65.6 Å². The molecule has 0 aromatic heterocycles. The molecule has 1 unspecified atom stereocenters. The lowest BCUT2D eigenvalue weighted by molar-refractivity contribution is 0.466. The van der Waals surface area contributed by atoms with E-state index < -0.39 is 0 Å². The quantitative estimate of drug-likeness (QED) is 0.468. The maximum atomic E-state index is 10.9. The van der Waals surface area contributed by atoms with Gasteiger partial charge in [-0.3, -0.25) is 0 Å². The Balaban J connectivity index is 1.87. The highest BCUT2D eigenvalue weighted by atomic mass is 16.3. The fourth-order valence-electron chi connectivity index (χ4n) is 3.89. The van der Waals surface area contributed by atoms with Crippen molar-refractivity contribution in [2.45, 2.75) is 12.3 Å². The molecule has 0 fully saturated rings. The second kappa shape index (κ2) is 7.77. The van der Waals surface area contributed by atoms with Crippen LogP contribution in [0.2, 0.25) is 0 Å². The Morgan fingerprint density at radius 3 is 2.14 bits per heavy atom. The predicted molar refractivity (Wildman–Crippen MR) is 118 cm³/mol. The van der Waals surface area contributed by atoms with Crippen LogP contribution >= 0.6 is 0 Å². The second-order valence-electron chi connectivity index (χ2n) is 7.45. The minimum Gasteiger partial charge on any atom is -0.508 e. The molecule has 1 N–H and O–H groups in total. The molecule has 1 atom stereocenters. The number of aromatic hydroxyl groups is 1. The first-order chi connectivity index (χ1) is 13.6. The number of fused-ring (bicyclic) bond motifs is 1. The first-order valence-corrected chi connectivity index (χ1v) is 9.65.